The molecule has 0 aliphatic rings. The van der Waals surface area contributed by atoms with Gasteiger partial charge in [0.05, 0.1) is 6.61 Å². The van der Waals surface area contributed by atoms with Gasteiger partial charge in [-0.3, -0.25) is 0 Å². The fraction of sp³-hybridized carbons (Fsp3) is 1.00. The lowest BCUT2D eigenvalue weighted by atomic mass is 9.80. The Morgan fingerprint density at radius 1 is 1.24 bits per heavy atom. The van der Waals surface area contributed by atoms with Crippen molar-refractivity contribution in [1.82, 2.24) is 4.90 Å². The molecular weight excluding hydrogens is 230 g/mol. The molecule has 1 unspecified atom stereocenters. The van der Waals surface area contributed by atoms with E-state index in [1.165, 1.54) is 25.7 Å². The van der Waals surface area contributed by atoms with Crippen LogP contribution in [0.5, 0.6) is 0 Å². The number of nitrogens with zero attached hydrogens (tertiary/aromatic N) is 1. The largest absolute Gasteiger partial charge is 0.383 e. The fourth-order valence-electron chi connectivity index (χ4n) is 2.61. The lowest BCUT2D eigenvalue weighted by Gasteiger charge is -2.38. The molecule has 0 rings (SSSR count). The van der Waals surface area contributed by atoms with Gasteiger partial charge in [0, 0.05) is 19.7 Å². The van der Waals surface area contributed by atoms with Crippen LogP contribution < -0.4 is 0 Å². The van der Waals surface area contributed by atoms with Crippen LogP contribution in [-0.2, 0) is 4.74 Å². The summed E-state index contributed by atoms with van der Waals surface area (Å²) in [7, 11) is 3.97. The van der Waals surface area contributed by atoms with Crippen LogP contribution in [0.4, 0.5) is 0 Å². The van der Waals surface area contributed by atoms with E-state index in [1.54, 1.807) is 7.11 Å². The first kappa shape index (κ1) is 17.3. The van der Waals surface area contributed by atoms with Crippen LogP contribution >= 0.6 is 12.6 Å². The number of thiol groups is 1. The van der Waals surface area contributed by atoms with Gasteiger partial charge in [0.25, 0.3) is 0 Å². The first-order valence-corrected chi connectivity index (χ1v) is 7.48. The van der Waals surface area contributed by atoms with Crippen molar-refractivity contribution < 1.29 is 4.74 Å². The second-order valence-electron chi connectivity index (χ2n) is 5.38. The van der Waals surface area contributed by atoms with Gasteiger partial charge in [-0.15, -0.1) is 0 Å². The lowest BCUT2D eigenvalue weighted by Crippen LogP contribution is -2.42. The maximum absolute atomic E-state index is 5.23. The minimum atomic E-state index is 0.378. The highest BCUT2D eigenvalue weighted by Gasteiger charge is 2.29. The summed E-state index contributed by atoms with van der Waals surface area (Å²) in [6.45, 7) is 8.70. The van der Waals surface area contributed by atoms with Crippen LogP contribution in [0.25, 0.3) is 0 Å². The van der Waals surface area contributed by atoms with E-state index in [2.05, 4.69) is 45.3 Å². The summed E-state index contributed by atoms with van der Waals surface area (Å²) < 4.78 is 5.23. The molecule has 0 aromatic rings. The van der Waals surface area contributed by atoms with E-state index >= 15 is 0 Å². The lowest BCUT2D eigenvalue weighted by molar-refractivity contribution is 0.0804. The average molecular weight is 261 g/mol. The SMILES string of the molecule is CCCC(CS)(CCC)CN(C)C(C)COC. The Bertz CT molecular complexity index is 181. The van der Waals surface area contributed by atoms with Crippen LogP contribution in [0.3, 0.4) is 0 Å². The molecule has 0 N–H and O–H groups in total. The molecule has 0 saturated heterocycles. The molecule has 0 saturated carbocycles. The molecule has 0 aromatic heterocycles. The molecule has 0 amide bonds. The minimum absolute atomic E-state index is 0.378. The second kappa shape index (κ2) is 9.23. The van der Waals surface area contributed by atoms with Gasteiger partial charge in [0.15, 0.2) is 0 Å². The highest BCUT2D eigenvalue weighted by atomic mass is 32.1. The van der Waals surface area contributed by atoms with E-state index < -0.39 is 0 Å². The molecule has 2 nitrogen and oxygen atoms in total. The first-order chi connectivity index (χ1) is 8.05. The molecule has 0 spiro atoms. The molecule has 0 heterocycles. The molecular formula is C14H31NOS. The topological polar surface area (TPSA) is 12.5 Å². The van der Waals surface area contributed by atoms with Gasteiger partial charge in [-0.1, -0.05) is 26.7 Å². The number of methoxy groups -OCH3 is 1. The fourth-order valence-corrected chi connectivity index (χ4v) is 3.02. The third-order valence-electron chi connectivity index (χ3n) is 3.64. The third kappa shape index (κ3) is 6.12. The van der Waals surface area contributed by atoms with Crippen LogP contribution in [0, 0.1) is 5.41 Å². The molecule has 17 heavy (non-hydrogen) atoms. The molecule has 3 heteroatoms. The number of hydrogen-bond donors (Lipinski definition) is 1. The number of ether oxygens (including phenoxy) is 1. The molecule has 0 aromatic carbocycles. The monoisotopic (exact) mass is 261 g/mol. The van der Waals surface area contributed by atoms with Crippen molar-refractivity contribution in [2.45, 2.75) is 52.5 Å². The molecule has 0 aliphatic heterocycles. The van der Waals surface area contributed by atoms with Gasteiger partial charge in [-0.2, -0.15) is 12.6 Å². The van der Waals surface area contributed by atoms with Crippen molar-refractivity contribution in [3.05, 3.63) is 0 Å². The highest BCUT2D eigenvalue weighted by Crippen LogP contribution is 2.32. The van der Waals surface area contributed by atoms with Crippen molar-refractivity contribution in [2.75, 3.05) is 33.1 Å². The van der Waals surface area contributed by atoms with Crippen molar-refractivity contribution in [3.63, 3.8) is 0 Å². The van der Waals surface area contributed by atoms with Crippen molar-refractivity contribution in [3.8, 4) is 0 Å². The molecule has 104 valence electrons. The van der Waals surface area contributed by atoms with Crippen molar-refractivity contribution >= 4 is 12.6 Å². The van der Waals surface area contributed by atoms with Crippen LogP contribution in [0.15, 0.2) is 0 Å². The Kier molecular flexibility index (Phi) is 9.38. The quantitative estimate of drug-likeness (QED) is 0.605. The number of rotatable bonds is 10. The van der Waals surface area contributed by atoms with Gasteiger partial charge >= 0.3 is 0 Å². The van der Waals surface area contributed by atoms with Crippen LogP contribution in [0.1, 0.15) is 46.5 Å². The van der Waals surface area contributed by atoms with E-state index in [-0.39, 0.29) is 0 Å². The standard InChI is InChI=1S/C14H31NOS/c1-6-8-14(12-17,9-7-2)11-15(4)13(3)10-16-5/h13,17H,6-12H2,1-5H3. The van der Waals surface area contributed by atoms with E-state index in [4.69, 9.17) is 4.74 Å². The molecule has 0 fully saturated rings. The Morgan fingerprint density at radius 2 is 1.76 bits per heavy atom. The Labute approximate surface area is 114 Å². The summed E-state index contributed by atoms with van der Waals surface area (Å²) in [6, 6.07) is 0.480. The van der Waals surface area contributed by atoms with E-state index in [1.807, 2.05) is 0 Å². The maximum Gasteiger partial charge on any atom is 0.0615 e. The summed E-state index contributed by atoms with van der Waals surface area (Å²) in [5.74, 6) is 0.985. The number of hydrogen-bond acceptors (Lipinski definition) is 3. The Hall–Kier alpha value is 0.270. The Morgan fingerprint density at radius 3 is 2.12 bits per heavy atom. The summed E-state index contributed by atoms with van der Waals surface area (Å²) in [6.07, 6.45) is 5.03. The third-order valence-corrected chi connectivity index (χ3v) is 4.31. The average Bonchev–Trinajstić information content (AvgIpc) is 2.29. The minimum Gasteiger partial charge on any atom is -0.383 e. The zero-order chi connectivity index (χ0) is 13.3. The summed E-state index contributed by atoms with van der Waals surface area (Å²) in [5.41, 5.74) is 0.378. The molecule has 1 atom stereocenters. The van der Waals surface area contributed by atoms with Crippen molar-refractivity contribution in [1.29, 1.82) is 0 Å². The molecule has 0 bridgehead atoms. The maximum atomic E-state index is 5.23. The first-order valence-electron chi connectivity index (χ1n) is 6.85. The zero-order valence-corrected chi connectivity index (χ0v) is 13.2. The van der Waals surface area contributed by atoms with E-state index in [0.717, 1.165) is 18.9 Å². The molecule has 0 radical (unpaired) electrons. The van der Waals surface area contributed by atoms with Crippen LogP contribution in [-0.4, -0.2) is 44.0 Å². The van der Waals surface area contributed by atoms with Gasteiger partial charge in [0.1, 0.15) is 0 Å². The van der Waals surface area contributed by atoms with E-state index in [9.17, 15) is 0 Å². The van der Waals surface area contributed by atoms with Gasteiger partial charge in [0.2, 0.25) is 0 Å². The predicted molar refractivity (Wildman–Crippen MR) is 80.1 cm³/mol. The van der Waals surface area contributed by atoms with E-state index in [0.29, 0.717) is 11.5 Å². The van der Waals surface area contributed by atoms with Crippen LogP contribution in [0.2, 0.25) is 0 Å². The van der Waals surface area contributed by atoms with Gasteiger partial charge in [-0.05, 0) is 38.0 Å². The normalized spacial score (nSPS) is 14.3. The smallest absolute Gasteiger partial charge is 0.0615 e. The second-order valence-corrected chi connectivity index (χ2v) is 5.69. The number of likely N-dealkylation sites (N-methyl/N-ethyl adjacent to an activating group) is 1. The highest BCUT2D eigenvalue weighted by molar-refractivity contribution is 7.80. The summed E-state index contributed by atoms with van der Waals surface area (Å²) in [4.78, 5) is 2.42. The summed E-state index contributed by atoms with van der Waals surface area (Å²) in [5, 5.41) is 0. The van der Waals surface area contributed by atoms with Gasteiger partial charge < -0.3 is 9.64 Å². The molecule has 0 aliphatic carbocycles. The van der Waals surface area contributed by atoms with Gasteiger partial charge in [-0.25, -0.2) is 0 Å². The predicted octanol–water partition coefficient (Wildman–Crippen LogP) is 3.47. The van der Waals surface area contributed by atoms with Crippen molar-refractivity contribution in [2.24, 2.45) is 5.41 Å². The zero-order valence-electron chi connectivity index (χ0n) is 12.3. The Balaban J connectivity index is 4.49. The summed E-state index contributed by atoms with van der Waals surface area (Å²) >= 11 is 4.61.